The van der Waals surface area contributed by atoms with E-state index in [1.807, 2.05) is 20.8 Å². The minimum Gasteiger partial charge on any atom is -0.465 e. The van der Waals surface area contributed by atoms with Crippen molar-refractivity contribution in [1.82, 2.24) is 0 Å². The first-order chi connectivity index (χ1) is 15.3. The van der Waals surface area contributed by atoms with Crippen molar-refractivity contribution in [3.8, 4) is 0 Å². The molecule has 194 valence electrons. The predicted octanol–water partition coefficient (Wildman–Crippen LogP) is 6.48. The van der Waals surface area contributed by atoms with Crippen molar-refractivity contribution >= 4 is 28.2 Å². The van der Waals surface area contributed by atoms with Gasteiger partial charge in [0.2, 0.25) is 0 Å². The maximum absolute atomic E-state index is 14.0. The molecule has 1 N–H and O–H groups in total. The highest BCUT2D eigenvalue weighted by Crippen LogP contribution is 2.54. The second-order valence-corrected chi connectivity index (χ2v) is 9.76. The minimum atomic E-state index is -7.21. The molecule has 0 radical (unpaired) electrons. The van der Waals surface area contributed by atoms with Gasteiger partial charge in [-0.15, -0.1) is 11.3 Å². The summed E-state index contributed by atoms with van der Waals surface area (Å²) < 4.78 is 123. The third-order valence-corrected chi connectivity index (χ3v) is 7.50. The summed E-state index contributed by atoms with van der Waals surface area (Å²) in [5.74, 6) is -24.9. The van der Waals surface area contributed by atoms with Crippen molar-refractivity contribution in [2.24, 2.45) is 11.3 Å². The van der Waals surface area contributed by atoms with E-state index < -0.39 is 46.4 Å². The lowest BCUT2D eigenvalue weighted by Crippen LogP contribution is -2.64. The first-order valence-electron chi connectivity index (χ1n) is 10.0. The van der Waals surface area contributed by atoms with Gasteiger partial charge >= 0.3 is 35.8 Å². The second kappa shape index (κ2) is 8.90. The van der Waals surface area contributed by atoms with E-state index in [-0.39, 0.29) is 17.8 Å². The molecule has 1 unspecified atom stereocenters. The lowest BCUT2D eigenvalue weighted by molar-refractivity contribution is -0.388. The molecule has 0 saturated heterocycles. The molecule has 0 bridgehead atoms. The van der Waals surface area contributed by atoms with Gasteiger partial charge in [0.25, 0.3) is 0 Å². The SMILES string of the molecule is CCC(C)(C)C1CCc2c(sc(NC(=O)C(F)(F)C(F)(F)C(F)(F)C(F)(F)F)c2C(=O)OC)C1. The number of hydrogen-bond acceptors (Lipinski definition) is 4. The van der Waals surface area contributed by atoms with Crippen LogP contribution in [0.15, 0.2) is 0 Å². The van der Waals surface area contributed by atoms with Gasteiger partial charge in [-0.25, -0.2) is 4.79 Å². The van der Waals surface area contributed by atoms with Gasteiger partial charge in [-0.1, -0.05) is 27.2 Å². The van der Waals surface area contributed by atoms with E-state index in [9.17, 15) is 49.1 Å². The molecule has 2 rings (SSSR count). The number of carbonyl (C=O) groups is 2. The Morgan fingerprint density at radius 1 is 1.03 bits per heavy atom. The summed E-state index contributed by atoms with van der Waals surface area (Å²) in [5.41, 5.74) is -0.272. The highest BCUT2D eigenvalue weighted by Gasteiger charge is 2.83. The van der Waals surface area contributed by atoms with Crippen LogP contribution in [0.25, 0.3) is 0 Å². The Morgan fingerprint density at radius 2 is 1.59 bits per heavy atom. The molecule has 0 aromatic carbocycles. The molecule has 34 heavy (non-hydrogen) atoms. The van der Waals surface area contributed by atoms with E-state index in [1.54, 1.807) is 0 Å². The number of hydrogen-bond donors (Lipinski definition) is 1. The number of ether oxygens (including phenoxy) is 1. The number of fused-ring (bicyclic) bond motifs is 1. The van der Waals surface area contributed by atoms with Crippen LogP contribution < -0.4 is 5.32 Å². The standard InChI is InChI=1S/C20H22F9NO3S/c1-5-16(2,3)9-6-7-10-11(8-9)34-13(12(10)14(31)33-4)30-15(32)17(21,22)18(23,24)19(25,26)20(27,28)29/h9H,5-8H2,1-4H3,(H,30,32). The van der Waals surface area contributed by atoms with E-state index in [0.717, 1.165) is 13.5 Å². The van der Waals surface area contributed by atoms with Gasteiger partial charge in [-0.3, -0.25) is 4.79 Å². The molecule has 1 atom stereocenters. The summed E-state index contributed by atoms with van der Waals surface area (Å²) in [7, 11) is 0.927. The van der Waals surface area contributed by atoms with Gasteiger partial charge in [0, 0.05) is 4.88 Å². The number of esters is 1. The number of nitrogens with one attached hydrogen (secondary N) is 1. The van der Waals surface area contributed by atoms with Crippen molar-refractivity contribution < 1.29 is 53.8 Å². The Labute approximate surface area is 192 Å². The Morgan fingerprint density at radius 3 is 2.06 bits per heavy atom. The average molecular weight is 527 g/mol. The zero-order chi connectivity index (χ0) is 26.5. The van der Waals surface area contributed by atoms with Crippen LogP contribution in [0.2, 0.25) is 0 Å². The summed E-state index contributed by atoms with van der Waals surface area (Å²) in [5, 5.41) is 0.577. The van der Waals surface area contributed by atoms with Gasteiger partial charge < -0.3 is 10.1 Å². The first kappa shape index (κ1) is 28.2. The fraction of sp³-hybridized carbons (Fsp3) is 0.700. The average Bonchev–Trinajstić information content (AvgIpc) is 3.08. The zero-order valence-corrected chi connectivity index (χ0v) is 19.3. The van der Waals surface area contributed by atoms with Crippen LogP contribution in [0.3, 0.4) is 0 Å². The fourth-order valence-corrected chi connectivity index (χ4v) is 4.96. The van der Waals surface area contributed by atoms with E-state index in [1.165, 1.54) is 5.32 Å². The molecule has 1 heterocycles. The number of rotatable bonds is 7. The third-order valence-electron chi connectivity index (χ3n) is 6.33. The summed E-state index contributed by atoms with van der Waals surface area (Å²) in [6.07, 6.45) is -5.12. The van der Waals surface area contributed by atoms with Crippen molar-refractivity contribution in [2.45, 2.75) is 70.4 Å². The second-order valence-electron chi connectivity index (χ2n) is 8.66. The smallest absolute Gasteiger partial charge is 0.460 e. The molecule has 0 spiro atoms. The molecule has 1 aliphatic carbocycles. The van der Waals surface area contributed by atoms with E-state index >= 15 is 0 Å². The number of halogens is 9. The van der Waals surface area contributed by atoms with E-state index in [2.05, 4.69) is 4.74 Å². The Kier molecular flexibility index (Phi) is 7.40. The van der Waals surface area contributed by atoms with Gasteiger partial charge in [-0.2, -0.15) is 39.5 Å². The van der Waals surface area contributed by atoms with Crippen molar-refractivity contribution in [1.29, 1.82) is 0 Å². The monoisotopic (exact) mass is 527 g/mol. The number of thiophene rings is 1. The highest BCUT2D eigenvalue weighted by atomic mass is 32.1. The molecular formula is C20H22F9NO3S. The number of alkyl halides is 9. The molecule has 1 aromatic heterocycles. The Hall–Kier alpha value is -1.99. The highest BCUT2D eigenvalue weighted by molar-refractivity contribution is 7.17. The van der Waals surface area contributed by atoms with Crippen molar-refractivity contribution in [2.75, 3.05) is 12.4 Å². The van der Waals surface area contributed by atoms with Crippen LogP contribution in [-0.2, 0) is 22.4 Å². The van der Waals surface area contributed by atoms with Gasteiger partial charge in [0.15, 0.2) is 0 Å². The summed E-state index contributed by atoms with van der Waals surface area (Å²) in [6.45, 7) is 5.93. The maximum Gasteiger partial charge on any atom is 0.460 e. The van der Waals surface area contributed by atoms with Gasteiger partial charge in [0.05, 0.1) is 12.7 Å². The first-order valence-corrected chi connectivity index (χ1v) is 10.8. The number of amides is 1. The largest absolute Gasteiger partial charge is 0.465 e. The van der Waals surface area contributed by atoms with E-state index in [4.69, 9.17) is 0 Å². The van der Waals surface area contributed by atoms with E-state index in [0.29, 0.717) is 34.6 Å². The topological polar surface area (TPSA) is 55.4 Å². The van der Waals surface area contributed by atoms with Crippen LogP contribution in [0.1, 0.15) is 54.4 Å². The van der Waals surface area contributed by atoms with Crippen molar-refractivity contribution in [3.63, 3.8) is 0 Å². The number of carbonyl (C=O) groups excluding carboxylic acids is 2. The quantitative estimate of drug-likeness (QED) is 0.326. The summed E-state index contributed by atoms with van der Waals surface area (Å²) >= 11 is 0.583. The summed E-state index contributed by atoms with van der Waals surface area (Å²) in [4.78, 5) is 24.6. The van der Waals surface area contributed by atoms with Crippen LogP contribution >= 0.6 is 11.3 Å². The van der Waals surface area contributed by atoms with Gasteiger partial charge in [-0.05, 0) is 36.2 Å². The maximum atomic E-state index is 14.0. The molecule has 0 fully saturated rings. The number of anilines is 1. The van der Waals surface area contributed by atoms with Crippen LogP contribution in [-0.4, -0.2) is 42.9 Å². The normalized spacial score (nSPS) is 17.9. The minimum absolute atomic E-state index is 0.0777. The number of methoxy groups -OCH3 is 1. The van der Waals surface area contributed by atoms with Crippen molar-refractivity contribution in [3.05, 3.63) is 16.0 Å². The lowest BCUT2D eigenvalue weighted by atomic mass is 9.69. The molecule has 1 aliphatic rings. The van der Waals surface area contributed by atoms with Crippen LogP contribution in [0.4, 0.5) is 44.5 Å². The van der Waals surface area contributed by atoms with Gasteiger partial charge in [0.1, 0.15) is 5.00 Å². The molecule has 1 amide bonds. The molecule has 0 aliphatic heterocycles. The predicted molar refractivity (Wildman–Crippen MR) is 105 cm³/mol. The molecule has 14 heteroatoms. The Balaban J connectivity index is 2.47. The Bertz CT molecular complexity index is 954. The van der Waals surface area contributed by atoms with Crippen LogP contribution in [0.5, 0.6) is 0 Å². The zero-order valence-electron chi connectivity index (χ0n) is 18.4. The third kappa shape index (κ3) is 4.49. The molecule has 1 aromatic rings. The lowest BCUT2D eigenvalue weighted by Gasteiger charge is -2.36. The molecule has 0 saturated carbocycles. The molecular weight excluding hydrogens is 505 g/mol. The van der Waals surface area contributed by atoms with Crippen LogP contribution in [0, 0.1) is 11.3 Å². The molecule has 4 nitrogen and oxygen atoms in total. The fourth-order valence-electron chi connectivity index (χ4n) is 3.65. The summed E-state index contributed by atoms with van der Waals surface area (Å²) in [6, 6.07) is 0.